The Kier molecular flexibility index (Phi) is 5.18. The van der Waals surface area contributed by atoms with Crippen LogP contribution in [0, 0.1) is 6.92 Å². The van der Waals surface area contributed by atoms with Crippen molar-refractivity contribution in [2.75, 3.05) is 12.4 Å². The number of hydrogen-bond donors (Lipinski definition) is 2. The molecule has 0 aliphatic carbocycles. The molecule has 3 aromatic heterocycles. The number of anilines is 1. The number of H-pyrrole nitrogens is 1. The van der Waals surface area contributed by atoms with E-state index >= 15 is 0 Å². The summed E-state index contributed by atoms with van der Waals surface area (Å²) in [6, 6.07) is 9.44. The van der Waals surface area contributed by atoms with E-state index in [4.69, 9.17) is 9.26 Å². The quantitative estimate of drug-likeness (QED) is 0.502. The van der Waals surface area contributed by atoms with Crippen LogP contribution in [0.15, 0.2) is 34.9 Å². The van der Waals surface area contributed by atoms with Gasteiger partial charge in [0.2, 0.25) is 5.95 Å². The molecule has 3 heterocycles. The van der Waals surface area contributed by atoms with Crippen LogP contribution >= 0.6 is 0 Å². The van der Waals surface area contributed by atoms with Gasteiger partial charge in [0.1, 0.15) is 11.6 Å². The monoisotopic (exact) mass is 406 g/mol. The predicted octanol–water partition coefficient (Wildman–Crippen LogP) is 3.62. The Morgan fingerprint density at radius 2 is 2.00 bits per heavy atom. The number of nitrogens with one attached hydrogen (secondary N) is 2. The number of benzene rings is 1. The average Bonchev–Trinajstić information content (AvgIpc) is 3.34. The Morgan fingerprint density at radius 3 is 2.70 bits per heavy atom. The molecule has 4 aromatic rings. The SMILES string of the molecule is COc1ccc(Cc2nc(NC(=O)c3cc(C(C)C)nc4onc(C)c34)n[nH]2)cc1. The first-order chi connectivity index (χ1) is 14.4. The fourth-order valence-electron chi connectivity index (χ4n) is 3.12. The zero-order valence-corrected chi connectivity index (χ0v) is 17.2. The number of amides is 1. The van der Waals surface area contributed by atoms with Gasteiger partial charge >= 0.3 is 0 Å². The van der Waals surface area contributed by atoms with Crippen LogP contribution in [0.4, 0.5) is 5.95 Å². The molecule has 0 radical (unpaired) electrons. The maximum Gasteiger partial charge on any atom is 0.259 e. The number of methoxy groups -OCH3 is 1. The highest BCUT2D eigenvalue weighted by molar-refractivity contribution is 6.11. The molecule has 0 fully saturated rings. The number of ether oxygens (including phenoxy) is 1. The van der Waals surface area contributed by atoms with Gasteiger partial charge in [0.05, 0.1) is 23.8 Å². The minimum Gasteiger partial charge on any atom is -0.497 e. The Labute approximate surface area is 172 Å². The second-order valence-corrected chi connectivity index (χ2v) is 7.28. The molecule has 0 saturated carbocycles. The van der Waals surface area contributed by atoms with Crippen LogP contribution < -0.4 is 10.1 Å². The fourth-order valence-corrected chi connectivity index (χ4v) is 3.12. The molecule has 154 valence electrons. The topological polar surface area (TPSA) is 119 Å². The Hall–Kier alpha value is -3.75. The van der Waals surface area contributed by atoms with Crippen LogP contribution in [-0.2, 0) is 6.42 Å². The van der Waals surface area contributed by atoms with E-state index < -0.39 is 0 Å². The van der Waals surface area contributed by atoms with Gasteiger partial charge in [-0.05, 0) is 36.6 Å². The zero-order chi connectivity index (χ0) is 21.3. The van der Waals surface area contributed by atoms with Crippen LogP contribution in [-0.4, -0.2) is 38.3 Å². The van der Waals surface area contributed by atoms with Crippen molar-refractivity contribution < 1.29 is 14.1 Å². The highest BCUT2D eigenvalue weighted by Gasteiger charge is 2.21. The largest absolute Gasteiger partial charge is 0.497 e. The van der Waals surface area contributed by atoms with Gasteiger partial charge in [-0.2, -0.15) is 4.98 Å². The third kappa shape index (κ3) is 3.86. The fraction of sp³-hybridized carbons (Fsp3) is 0.286. The van der Waals surface area contributed by atoms with Crippen LogP contribution in [0.2, 0.25) is 0 Å². The van der Waals surface area contributed by atoms with Crippen molar-refractivity contribution >= 4 is 23.0 Å². The lowest BCUT2D eigenvalue weighted by atomic mass is 10.0. The minimum atomic E-state index is -0.342. The first-order valence-electron chi connectivity index (χ1n) is 9.57. The van der Waals surface area contributed by atoms with Crippen LogP contribution in [0.1, 0.15) is 52.9 Å². The number of rotatable bonds is 6. The summed E-state index contributed by atoms with van der Waals surface area (Å²) in [7, 11) is 1.63. The molecular weight excluding hydrogens is 384 g/mol. The summed E-state index contributed by atoms with van der Waals surface area (Å²) in [4.78, 5) is 21.8. The average molecular weight is 406 g/mol. The molecule has 0 unspecified atom stereocenters. The lowest BCUT2D eigenvalue weighted by molar-refractivity contribution is 0.102. The molecule has 0 spiro atoms. The molecule has 0 aliphatic heterocycles. The second kappa shape index (κ2) is 7.94. The predicted molar refractivity (Wildman–Crippen MR) is 111 cm³/mol. The van der Waals surface area contributed by atoms with E-state index in [-0.39, 0.29) is 17.8 Å². The van der Waals surface area contributed by atoms with E-state index in [2.05, 4.69) is 30.6 Å². The summed E-state index contributed by atoms with van der Waals surface area (Å²) in [6.45, 7) is 5.78. The molecule has 1 amide bonds. The van der Waals surface area contributed by atoms with E-state index in [1.54, 1.807) is 20.1 Å². The molecule has 0 bridgehead atoms. The van der Waals surface area contributed by atoms with Gasteiger partial charge in [0, 0.05) is 12.1 Å². The van der Waals surface area contributed by atoms with E-state index in [1.165, 1.54) is 0 Å². The maximum atomic E-state index is 13.0. The van der Waals surface area contributed by atoms with Crippen LogP contribution in [0.3, 0.4) is 0 Å². The summed E-state index contributed by atoms with van der Waals surface area (Å²) in [5.74, 6) is 1.42. The number of carbonyl (C=O) groups is 1. The molecule has 30 heavy (non-hydrogen) atoms. The summed E-state index contributed by atoms with van der Waals surface area (Å²) in [6.07, 6.45) is 0.550. The lowest BCUT2D eigenvalue weighted by Gasteiger charge is -2.08. The number of nitrogens with zero attached hydrogens (tertiary/aromatic N) is 4. The van der Waals surface area contributed by atoms with Crippen molar-refractivity contribution in [3.8, 4) is 5.75 Å². The highest BCUT2D eigenvalue weighted by Crippen LogP contribution is 2.25. The number of carbonyl (C=O) groups excluding carboxylic acids is 1. The normalized spacial score (nSPS) is 11.2. The highest BCUT2D eigenvalue weighted by atomic mass is 16.5. The smallest absolute Gasteiger partial charge is 0.259 e. The minimum absolute atomic E-state index is 0.131. The van der Waals surface area contributed by atoms with Crippen molar-refractivity contribution in [1.29, 1.82) is 0 Å². The number of aromatic nitrogens is 5. The molecule has 0 aliphatic rings. The molecule has 1 aromatic carbocycles. The lowest BCUT2D eigenvalue weighted by Crippen LogP contribution is -2.15. The number of fused-ring (bicyclic) bond motifs is 1. The first kappa shape index (κ1) is 19.6. The van der Waals surface area contributed by atoms with Gasteiger partial charge in [0.25, 0.3) is 11.6 Å². The van der Waals surface area contributed by atoms with Crippen molar-refractivity contribution in [3.05, 3.63) is 58.7 Å². The Bertz CT molecular complexity index is 1190. The molecular formula is C21H22N6O3. The summed E-state index contributed by atoms with van der Waals surface area (Å²) in [5.41, 5.74) is 3.18. The Balaban J connectivity index is 1.55. The Morgan fingerprint density at radius 1 is 1.23 bits per heavy atom. The van der Waals surface area contributed by atoms with Crippen LogP contribution in [0.5, 0.6) is 5.75 Å². The summed E-state index contributed by atoms with van der Waals surface area (Å²) < 4.78 is 10.4. The molecule has 9 nitrogen and oxygen atoms in total. The van der Waals surface area contributed by atoms with E-state index in [1.807, 2.05) is 38.1 Å². The first-order valence-corrected chi connectivity index (χ1v) is 9.57. The molecule has 2 N–H and O–H groups in total. The summed E-state index contributed by atoms with van der Waals surface area (Å²) in [5, 5.41) is 14.3. The van der Waals surface area contributed by atoms with E-state index in [9.17, 15) is 4.79 Å². The van der Waals surface area contributed by atoms with Crippen molar-refractivity contribution in [2.24, 2.45) is 0 Å². The van der Waals surface area contributed by atoms with E-state index in [0.717, 1.165) is 17.0 Å². The number of pyridine rings is 1. The third-order valence-corrected chi connectivity index (χ3v) is 4.76. The van der Waals surface area contributed by atoms with Gasteiger partial charge in [-0.3, -0.25) is 15.2 Å². The van der Waals surface area contributed by atoms with Crippen molar-refractivity contribution in [3.63, 3.8) is 0 Å². The van der Waals surface area contributed by atoms with Crippen molar-refractivity contribution in [2.45, 2.75) is 33.1 Å². The standard InChI is InChI=1S/C21H22N6O3/c1-11(2)16-10-15(18-12(3)27-30-20(18)22-16)19(28)24-21-23-17(25-26-21)9-13-5-7-14(29-4)8-6-13/h5-8,10-11H,9H2,1-4H3,(H2,23,24,25,26,28). The molecule has 4 rings (SSSR count). The number of hydrogen-bond acceptors (Lipinski definition) is 7. The van der Waals surface area contributed by atoms with Gasteiger partial charge in [0.15, 0.2) is 0 Å². The molecule has 9 heteroatoms. The zero-order valence-electron chi connectivity index (χ0n) is 17.2. The number of aryl methyl sites for hydroxylation is 1. The number of aromatic amines is 1. The van der Waals surface area contributed by atoms with Gasteiger partial charge < -0.3 is 9.26 Å². The van der Waals surface area contributed by atoms with Gasteiger partial charge in [-0.25, -0.2) is 4.98 Å². The second-order valence-electron chi connectivity index (χ2n) is 7.28. The van der Waals surface area contributed by atoms with E-state index in [0.29, 0.717) is 34.6 Å². The maximum absolute atomic E-state index is 13.0. The summed E-state index contributed by atoms with van der Waals surface area (Å²) >= 11 is 0. The third-order valence-electron chi connectivity index (χ3n) is 4.76. The molecule has 0 atom stereocenters. The molecule has 0 saturated heterocycles. The van der Waals surface area contributed by atoms with Crippen LogP contribution in [0.25, 0.3) is 11.1 Å². The van der Waals surface area contributed by atoms with Crippen molar-refractivity contribution in [1.82, 2.24) is 25.3 Å². The van der Waals surface area contributed by atoms with Gasteiger partial charge in [-0.15, -0.1) is 5.10 Å². The van der Waals surface area contributed by atoms with Gasteiger partial charge in [-0.1, -0.05) is 31.1 Å².